The number of hydrogen-bond donors (Lipinski definition) is 3. The number of amides is 1. The Bertz CT molecular complexity index is 1340. The van der Waals surface area contributed by atoms with Crippen LogP contribution in [-0.4, -0.2) is 35.1 Å². The average molecular weight is 466 g/mol. The summed E-state index contributed by atoms with van der Waals surface area (Å²) in [4.78, 5) is 27.9. The molecule has 1 aromatic heterocycles. The van der Waals surface area contributed by atoms with Crippen LogP contribution in [0.5, 0.6) is 5.75 Å². The van der Waals surface area contributed by atoms with E-state index < -0.39 is 17.9 Å². The number of aromatic nitrogens is 1. The molecule has 4 rings (SSSR count). The molecule has 1 atom stereocenters. The minimum absolute atomic E-state index is 0.250. The van der Waals surface area contributed by atoms with Crippen molar-refractivity contribution < 1.29 is 23.8 Å². The van der Waals surface area contributed by atoms with E-state index in [2.05, 4.69) is 15.6 Å². The molecule has 4 aromatic rings. The summed E-state index contributed by atoms with van der Waals surface area (Å²) in [6.07, 6.45) is 0. The molecule has 0 spiro atoms. The second-order valence-electron chi connectivity index (χ2n) is 7.28. The van der Waals surface area contributed by atoms with Gasteiger partial charge in [0, 0.05) is 5.69 Å². The Labute approximate surface area is 192 Å². The highest BCUT2D eigenvalue weighted by molar-refractivity contribution is 7.22. The number of anilines is 2. The van der Waals surface area contributed by atoms with Gasteiger partial charge in [-0.2, -0.15) is 0 Å². The van der Waals surface area contributed by atoms with Gasteiger partial charge < -0.3 is 20.5 Å². The van der Waals surface area contributed by atoms with Crippen LogP contribution in [0.2, 0.25) is 0 Å². The highest BCUT2D eigenvalue weighted by Crippen LogP contribution is 2.31. The molecule has 7 nitrogen and oxygen atoms in total. The molecule has 0 bridgehead atoms. The second kappa shape index (κ2) is 9.25. The fourth-order valence-corrected chi connectivity index (χ4v) is 4.13. The van der Waals surface area contributed by atoms with Crippen molar-refractivity contribution in [1.29, 1.82) is 0 Å². The van der Waals surface area contributed by atoms with Gasteiger partial charge in [-0.3, -0.25) is 9.59 Å². The number of hydrogen-bond acceptors (Lipinski definition) is 6. The molecule has 0 aliphatic rings. The van der Waals surface area contributed by atoms with Gasteiger partial charge in [0.2, 0.25) is 0 Å². The first-order valence-electron chi connectivity index (χ1n) is 9.99. The van der Waals surface area contributed by atoms with Crippen LogP contribution in [0, 0.1) is 5.82 Å². The summed E-state index contributed by atoms with van der Waals surface area (Å²) in [5, 5.41) is 15.3. The predicted molar refractivity (Wildman–Crippen MR) is 126 cm³/mol. The maximum Gasteiger partial charge on any atom is 0.325 e. The Morgan fingerprint density at radius 2 is 1.79 bits per heavy atom. The van der Waals surface area contributed by atoms with Crippen LogP contribution in [0.4, 0.5) is 15.2 Å². The Morgan fingerprint density at radius 3 is 2.48 bits per heavy atom. The molecule has 0 radical (unpaired) electrons. The van der Waals surface area contributed by atoms with Gasteiger partial charge >= 0.3 is 5.97 Å². The van der Waals surface area contributed by atoms with E-state index in [1.807, 2.05) is 24.3 Å². The lowest BCUT2D eigenvalue weighted by atomic mass is 10.0. The molecule has 1 unspecified atom stereocenters. The summed E-state index contributed by atoms with van der Waals surface area (Å²) in [5.41, 5.74) is 3.53. The molecule has 0 saturated heterocycles. The monoisotopic (exact) mass is 465 g/mol. The molecule has 0 aliphatic heterocycles. The summed E-state index contributed by atoms with van der Waals surface area (Å²) in [7, 11) is 1.45. The van der Waals surface area contributed by atoms with Gasteiger partial charge in [-0.1, -0.05) is 29.5 Å². The molecular weight excluding hydrogens is 445 g/mol. The maximum atomic E-state index is 13.4. The number of rotatable bonds is 7. The van der Waals surface area contributed by atoms with Crippen molar-refractivity contribution in [2.45, 2.75) is 13.0 Å². The number of aliphatic carboxylic acids is 1. The third kappa shape index (κ3) is 4.93. The van der Waals surface area contributed by atoms with E-state index in [0.29, 0.717) is 10.9 Å². The van der Waals surface area contributed by atoms with Crippen molar-refractivity contribution >= 4 is 44.2 Å². The third-order valence-electron chi connectivity index (χ3n) is 4.98. The van der Waals surface area contributed by atoms with Crippen molar-refractivity contribution in [3.05, 3.63) is 72.0 Å². The molecule has 9 heteroatoms. The van der Waals surface area contributed by atoms with E-state index in [-0.39, 0.29) is 11.4 Å². The van der Waals surface area contributed by atoms with E-state index in [4.69, 9.17) is 9.84 Å². The smallest absolute Gasteiger partial charge is 0.325 e. The molecule has 0 saturated carbocycles. The van der Waals surface area contributed by atoms with Gasteiger partial charge in [-0.05, 0) is 60.5 Å². The number of ether oxygens (including phenoxy) is 1. The zero-order valence-electron chi connectivity index (χ0n) is 17.8. The number of carbonyl (C=O) groups excluding carboxylic acids is 1. The fourth-order valence-electron chi connectivity index (χ4n) is 3.22. The second-order valence-corrected chi connectivity index (χ2v) is 8.31. The molecule has 33 heavy (non-hydrogen) atoms. The van der Waals surface area contributed by atoms with Gasteiger partial charge in [0.1, 0.15) is 17.6 Å². The highest BCUT2D eigenvalue weighted by Gasteiger charge is 2.19. The zero-order chi connectivity index (χ0) is 23.5. The first kappa shape index (κ1) is 22.2. The van der Waals surface area contributed by atoms with Crippen LogP contribution in [0.3, 0.4) is 0 Å². The number of nitrogens with one attached hydrogen (secondary N) is 2. The number of carboxylic acid groups (broad SMARTS) is 1. The van der Waals surface area contributed by atoms with Crippen LogP contribution < -0.4 is 15.4 Å². The Morgan fingerprint density at radius 1 is 1.06 bits per heavy atom. The standard InChI is InChI=1S/C24H20FN3O4S/c1-13(23(30)31)26-22(29)18-9-5-15(11-20(18)32-2)14-3-7-17(8-4-14)27-24-28-19-10-6-16(25)12-21(19)33-24/h3-13H,1-2H3,(H,26,29)(H,27,28)(H,30,31). The summed E-state index contributed by atoms with van der Waals surface area (Å²) < 4.78 is 19.5. The number of carboxylic acids is 1. The van der Waals surface area contributed by atoms with Gasteiger partial charge in [-0.25, -0.2) is 9.37 Å². The minimum Gasteiger partial charge on any atom is -0.496 e. The number of fused-ring (bicyclic) bond motifs is 1. The first-order chi connectivity index (χ1) is 15.8. The lowest BCUT2D eigenvalue weighted by molar-refractivity contribution is -0.138. The molecule has 168 valence electrons. The summed E-state index contributed by atoms with van der Waals surface area (Å²) in [6, 6.07) is 16.2. The third-order valence-corrected chi connectivity index (χ3v) is 5.92. The number of methoxy groups -OCH3 is 1. The summed E-state index contributed by atoms with van der Waals surface area (Å²) in [5.74, 6) is -1.60. The Hall–Kier alpha value is -3.98. The number of thiazole rings is 1. The lowest BCUT2D eigenvalue weighted by Gasteiger charge is -2.13. The number of nitrogens with zero attached hydrogens (tertiary/aromatic N) is 1. The lowest BCUT2D eigenvalue weighted by Crippen LogP contribution is -2.38. The van der Waals surface area contributed by atoms with E-state index >= 15 is 0 Å². The summed E-state index contributed by atoms with van der Waals surface area (Å²) in [6.45, 7) is 1.39. The first-order valence-corrected chi connectivity index (χ1v) is 10.8. The van der Waals surface area contributed by atoms with Gasteiger partial charge in [-0.15, -0.1) is 0 Å². The normalized spacial score (nSPS) is 11.7. The fraction of sp³-hybridized carbons (Fsp3) is 0.125. The largest absolute Gasteiger partial charge is 0.496 e. The molecular formula is C24H20FN3O4S. The van der Waals surface area contributed by atoms with Crippen molar-refractivity contribution in [3.8, 4) is 16.9 Å². The predicted octanol–water partition coefficient (Wildman–Crippen LogP) is 5.06. The molecule has 0 fully saturated rings. The quantitative estimate of drug-likeness (QED) is 0.353. The highest BCUT2D eigenvalue weighted by atomic mass is 32.1. The maximum absolute atomic E-state index is 13.4. The van der Waals surface area contributed by atoms with Crippen molar-refractivity contribution in [3.63, 3.8) is 0 Å². The molecule has 1 amide bonds. The van der Waals surface area contributed by atoms with Crippen LogP contribution in [0.25, 0.3) is 21.3 Å². The average Bonchev–Trinajstić information content (AvgIpc) is 3.20. The molecule has 0 aliphatic carbocycles. The molecule has 3 N–H and O–H groups in total. The van der Waals surface area contributed by atoms with Crippen molar-refractivity contribution in [1.82, 2.24) is 10.3 Å². The van der Waals surface area contributed by atoms with Gasteiger partial charge in [0.25, 0.3) is 5.91 Å². The van der Waals surface area contributed by atoms with Crippen molar-refractivity contribution in [2.75, 3.05) is 12.4 Å². The van der Waals surface area contributed by atoms with E-state index in [1.54, 1.807) is 24.3 Å². The zero-order valence-corrected chi connectivity index (χ0v) is 18.6. The Kier molecular flexibility index (Phi) is 6.23. The van der Waals surface area contributed by atoms with Crippen LogP contribution in [0.1, 0.15) is 17.3 Å². The van der Waals surface area contributed by atoms with E-state index in [0.717, 1.165) is 27.0 Å². The molecule has 1 heterocycles. The minimum atomic E-state index is -1.12. The van der Waals surface area contributed by atoms with Crippen molar-refractivity contribution in [2.24, 2.45) is 0 Å². The van der Waals surface area contributed by atoms with Gasteiger partial charge in [0.05, 0.1) is 22.9 Å². The van der Waals surface area contributed by atoms with E-state index in [9.17, 15) is 14.0 Å². The van der Waals surface area contributed by atoms with E-state index in [1.165, 1.54) is 37.5 Å². The summed E-state index contributed by atoms with van der Waals surface area (Å²) >= 11 is 1.37. The van der Waals surface area contributed by atoms with Crippen LogP contribution >= 0.6 is 11.3 Å². The topological polar surface area (TPSA) is 101 Å². The number of carbonyl (C=O) groups is 2. The number of halogens is 1. The SMILES string of the molecule is COc1cc(-c2ccc(Nc3nc4ccc(F)cc4s3)cc2)ccc1C(=O)NC(C)C(=O)O. The van der Waals surface area contributed by atoms with Gasteiger partial charge in [0.15, 0.2) is 5.13 Å². The number of benzene rings is 3. The molecule has 3 aromatic carbocycles. The van der Waals surface area contributed by atoms with Crippen LogP contribution in [-0.2, 0) is 4.79 Å². The van der Waals surface area contributed by atoms with Crippen LogP contribution in [0.15, 0.2) is 60.7 Å². The Balaban J connectivity index is 1.51.